The van der Waals surface area contributed by atoms with E-state index in [1.54, 1.807) is 0 Å². The minimum atomic E-state index is 0.648. The van der Waals surface area contributed by atoms with Crippen LogP contribution in [-0.2, 0) is 0 Å². The van der Waals surface area contributed by atoms with Crippen LogP contribution in [0, 0.1) is 0 Å². The minimum absolute atomic E-state index is 0.648. The molecule has 0 aliphatic carbocycles. The molecule has 0 atom stereocenters. The van der Waals surface area contributed by atoms with Gasteiger partial charge >= 0.3 is 0 Å². The number of fused-ring (bicyclic) bond motifs is 5. The summed E-state index contributed by atoms with van der Waals surface area (Å²) in [5.74, 6) is 0.648. The molecule has 0 saturated heterocycles. The lowest BCUT2D eigenvalue weighted by atomic mass is 10.0. The van der Waals surface area contributed by atoms with Crippen molar-refractivity contribution in [2.45, 2.75) is 0 Å². The maximum Gasteiger partial charge on any atom is 0.227 e. The lowest BCUT2D eigenvalue weighted by molar-refractivity contribution is 0.620. The Bertz CT molecular complexity index is 2480. The van der Waals surface area contributed by atoms with Crippen molar-refractivity contribution in [1.29, 1.82) is 0 Å². The van der Waals surface area contributed by atoms with Crippen LogP contribution in [0.3, 0.4) is 0 Å². The van der Waals surface area contributed by atoms with Crippen LogP contribution in [0.5, 0.6) is 0 Å². The van der Waals surface area contributed by atoms with Crippen LogP contribution in [0.15, 0.2) is 162 Å². The van der Waals surface area contributed by atoms with Crippen molar-refractivity contribution in [2.75, 3.05) is 4.90 Å². The van der Waals surface area contributed by atoms with Gasteiger partial charge in [0.25, 0.3) is 0 Å². The first-order chi connectivity index (χ1) is 22.3. The summed E-state index contributed by atoms with van der Waals surface area (Å²) in [5.41, 5.74) is 8.41. The van der Waals surface area contributed by atoms with E-state index in [0.29, 0.717) is 5.89 Å². The van der Waals surface area contributed by atoms with Gasteiger partial charge < -0.3 is 9.32 Å². The molecule has 0 unspecified atom stereocenters. The van der Waals surface area contributed by atoms with E-state index in [-0.39, 0.29) is 0 Å². The number of rotatable bonds is 5. The summed E-state index contributed by atoms with van der Waals surface area (Å²) >= 11 is 1.81. The fraction of sp³-hybridized carbons (Fsp3) is 0. The van der Waals surface area contributed by atoms with Crippen LogP contribution in [0.4, 0.5) is 17.1 Å². The van der Waals surface area contributed by atoms with Crippen molar-refractivity contribution < 1.29 is 4.42 Å². The fourth-order valence-electron chi connectivity index (χ4n) is 6.37. The number of nitrogens with zero attached hydrogens (tertiary/aromatic N) is 2. The molecule has 0 radical (unpaired) electrons. The molecule has 2 heterocycles. The third-order valence-corrected chi connectivity index (χ3v) is 9.66. The number of hydrogen-bond donors (Lipinski definition) is 0. The van der Waals surface area contributed by atoms with Gasteiger partial charge in [0.15, 0.2) is 5.58 Å². The molecule has 0 spiro atoms. The van der Waals surface area contributed by atoms with Crippen molar-refractivity contribution in [1.82, 2.24) is 4.98 Å². The zero-order valence-corrected chi connectivity index (χ0v) is 25.0. The summed E-state index contributed by atoms with van der Waals surface area (Å²) in [6.07, 6.45) is 0. The van der Waals surface area contributed by atoms with E-state index >= 15 is 0 Å². The SMILES string of the molecule is c1ccc(N(c2cccc(-c3ccc4ccccc4c3)c2)c2cccc3c2sc2cccc(-c4nc5ccccc5o4)c23)cc1. The average molecular weight is 595 g/mol. The number of benzene rings is 7. The number of thiophene rings is 1. The molecule has 0 bridgehead atoms. The molecule has 0 aliphatic heterocycles. The van der Waals surface area contributed by atoms with Gasteiger partial charge in [-0.2, -0.15) is 0 Å². The molecule has 4 heteroatoms. The molecule has 9 aromatic rings. The lowest BCUT2D eigenvalue weighted by Gasteiger charge is -2.26. The van der Waals surface area contributed by atoms with Gasteiger partial charge in [-0.25, -0.2) is 4.98 Å². The Morgan fingerprint density at radius 3 is 2.22 bits per heavy atom. The molecule has 0 N–H and O–H groups in total. The highest BCUT2D eigenvalue weighted by Gasteiger charge is 2.21. The van der Waals surface area contributed by atoms with Gasteiger partial charge in [0, 0.05) is 32.4 Å². The van der Waals surface area contributed by atoms with Gasteiger partial charge in [-0.1, -0.05) is 97.1 Å². The molecule has 0 fully saturated rings. The number of aromatic nitrogens is 1. The molecule has 7 aromatic carbocycles. The Morgan fingerprint density at radius 1 is 0.556 bits per heavy atom. The second kappa shape index (κ2) is 10.5. The van der Waals surface area contributed by atoms with Crippen LogP contribution in [0.2, 0.25) is 0 Å². The largest absolute Gasteiger partial charge is 0.436 e. The molecule has 0 saturated carbocycles. The molecule has 9 rings (SSSR count). The highest BCUT2D eigenvalue weighted by Crippen LogP contribution is 2.47. The highest BCUT2D eigenvalue weighted by atomic mass is 32.1. The van der Waals surface area contributed by atoms with E-state index in [1.807, 2.05) is 35.6 Å². The van der Waals surface area contributed by atoms with Crippen molar-refractivity contribution in [3.05, 3.63) is 158 Å². The van der Waals surface area contributed by atoms with Crippen molar-refractivity contribution in [3.8, 4) is 22.6 Å². The van der Waals surface area contributed by atoms with E-state index in [0.717, 1.165) is 33.7 Å². The highest BCUT2D eigenvalue weighted by molar-refractivity contribution is 7.26. The summed E-state index contributed by atoms with van der Waals surface area (Å²) < 4.78 is 8.68. The maximum atomic E-state index is 6.26. The van der Waals surface area contributed by atoms with Gasteiger partial charge in [0.1, 0.15) is 5.52 Å². The van der Waals surface area contributed by atoms with Gasteiger partial charge in [-0.05, 0) is 82.6 Å². The summed E-state index contributed by atoms with van der Waals surface area (Å²) in [5, 5.41) is 4.85. The molecular weight excluding hydrogens is 569 g/mol. The predicted molar refractivity (Wildman–Crippen MR) is 190 cm³/mol. The van der Waals surface area contributed by atoms with E-state index in [2.05, 4.69) is 138 Å². The molecule has 45 heavy (non-hydrogen) atoms. The lowest BCUT2D eigenvalue weighted by Crippen LogP contribution is -2.10. The van der Waals surface area contributed by atoms with Gasteiger partial charge in [0.2, 0.25) is 5.89 Å². The average Bonchev–Trinajstić information content (AvgIpc) is 3.71. The zero-order valence-electron chi connectivity index (χ0n) is 24.2. The Hall–Kier alpha value is -5.71. The van der Waals surface area contributed by atoms with Crippen LogP contribution in [0.1, 0.15) is 0 Å². The molecule has 3 nitrogen and oxygen atoms in total. The Labute approximate surface area is 264 Å². The van der Waals surface area contributed by atoms with Crippen molar-refractivity contribution >= 4 is 70.4 Å². The normalized spacial score (nSPS) is 11.6. The van der Waals surface area contributed by atoms with E-state index in [9.17, 15) is 0 Å². The first kappa shape index (κ1) is 25.8. The monoisotopic (exact) mass is 594 g/mol. The summed E-state index contributed by atoms with van der Waals surface area (Å²) in [7, 11) is 0. The van der Waals surface area contributed by atoms with Crippen LogP contribution in [0.25, 0.3) is 64.6 Å². The third-order valence-electron chi connectivity index (χ3n) is 8.47. The second-order valence-electron chi connectivity index (χ2n) is 11.2. The Morgan fingerprint density at radius 2 is 1.31 bits per heavy atom. The zero-order chi connectivity index (χ0) is 29.7. The first-order valence-corrected chi connectivity index (χ1v) is 15.9. The summed E-state index contributed by atoms with van der Waals surface area (Å²) in [6.45, 7) is 0. The Balaban J connectivity index is 1.24. The first-order valence-electron chi connectivity index (χ1n) is 15.0. The smallest absolute Gasteiger partial charge is 0.227 e. The molecule has 0 amide bonds. The van der Waals surface area contributed by atoms with Crippen LogP contribution < -0.4 is 4.90 Å². The minimum Gasteiger partial charge on any atom is -0.436 e. The fourth-order valence-corrected chi connectivity index (χ4v) is 7.60. The molecule has 2 aromatic heterocycles. The third kappa shape index (κ3) is 4.38. The van der Waals surface area contributed by atoms with Crippen molar-refractivity contribution in [2.24, 2.45) is 0 Å². The van der Waals surface area contributed by atoms with Crippen molar-refractivity contribution in [3.63, 3.8) is 0 Å². The quantitative estimate of drug-likeness (QED) is 0.198. The number of oxazole rings is 1. The Kier molecular flexibility index (Phi) is 6.00. The molecule has 212 valence electrons. The number of anilines is 3. The maximum absolute atomic E-state index is 6.26. The standard InChI is InChI=1S/C41H26N2OS/c1-2-14-31(15-3-1)43(32-16-8-13-29(26-32)30-24-23-27-11-4-5-12-28(27)25-30)36-20-9-17-33-39-34(18-10-22-38(39)45-40(33)36)41-42-35-19-6-7-21-37(35)44-41/h1-26H. The van der Waals surface area contributed by atoms with E-state index in [1.165, 1.54) is 42.1 Å². The van der Waals surface area contributed by atoms with Gasteiger partial charge in [-0.15, -0.1) is 11.3 Å². The summed E-state index contributed by atoms with van der Waals surface area (Å²) in [6, 6.07) is 55.7. The molecular formula is C41H26N2OS. The van der Waals surface area contributed by atoms with Crippen LogP contribution in [-0.4, -0.2) is 4.98 Å². The number of para-hydroxylation sites is 3. The van der Waals surface area contributed by atoms with Gasteiger partial charge in [-0.3, -0.25) is 0 Å². The second-order valence-corrected chi connectivity index (χ2v) is 12.3. The van der Waals surface area contributed by atoms with Crippen LogP contribution >= 0.6 is 11.3 Å². The predicted octanol–water partition coefficient (Wildman–Crippen LogP) is 12.2. The summed E-state index contributed by atoms with van der Waals surface area (Å²) in [4.78, 5) is 7.23. The topological polar surface area (TPSA) is 29.3 Å². The van der Waals surface area contributed by atoms with E-state index in [4.69, 9.17) is 9.40 Å². The number of hydrogen-bond acceptors (Lipinski definition) is 4. The molecule has 0 aliphatic rings. The van der Waals surface area contributed by atoms with E-state index < -0.39 is 0 Å². The van der Waals surface area contributed by atoms with Gasteiger partial charge in [0.05, 0.1) is 10.4 Å².